The van der Waals surface area contributed by atoms with Crippen LogP contribution >= 0.6 is 0 Å². The van der Waals surface area contributed by atoms with E-state index in [1.54, 1.807) is 39.8 Å². The summed E-state index contributed by atoms with van der Waals surface area (Å²) >= 11 is 0. The van der Waals surface area contributed by atoms with Crippen LogP contribution in [0.4, 0.5) is 0 Å². The number of fused-ring (bicyclic) bond motifs is 3. The first-order valence-electron chi connectivity index (χ1n) is 26.8. The Labute approximate surface area is 460 Å². The number of piperidine rings is 1. The molecule has 5 bridgehead atoms. The number of likely N-dealkylation sites (tertiary alicyclic amines) is 1. The summed E-state index contributed by atoms with van der Waals surface area (Å²) in [6, 6.07) is -2.09. The number of esters is 2. The largest absolute Gasteiger partial charge is 0.507 e. The van der Waals surface area contributed by atoms with Crippen LogP contribution in [-0.4, -0.2) is 161 Å². The van der Waals surface area contributed by atoms with Gasteiger partial charge >= 0.3 is 23.7 Å². The number of hydrogen-bond donors (Lipinski definition) is 8. The lowest BCUT2D eigenvalue weighted by Gasteiger charge is -2.40. The second-order valence-corrected chi connectivity index (χ2v) is 22.2. The van der Waals surface area contributed by atoms with Crippen molar-refractivity contribution in [1.82, 2.24) is 31.1 Å². The normalized spacial score (nSPS) is 29.9. The number of aliphatic hydroxyl groups is 1. The molecule has 11 atom stereocenters. The Morgan fingerprint density at radius 1 is 0.987 bits per heavy atom. The maximum absolute atomic E-state index is 15.0. The zero-order valence-electron chi connectivity index (χ0n) is 47.2. The number of nitrogens with one attached hydrogen (secondary N) is 4. The number of carbonyl (C=O) groups is 8. The van der Waals surface area contributed by atoms with Gasteiger partial charge in [-0.25, -0.2) is 0 Å². The molecule has 0 radical (unpaired) electrons. The molecule has 1 aliphatic carbocycles. The van der Waals surface area contributed by atoms with Crippen molar-refractivity contribution in [1.29, 1.82) is 0 Å². The fraction of sp³-hybridized carbons (Fsp3) is 0.607. The number of carboxylic acid groups (broad SMARTS) is 1. The number of Topliss-reactive ketones (excluding diaryl/α,β-unsaturated/α-hetero) is 2. The quantitative estimate of drug-likeness (QED) is 0.132. The van der Waals surface area contributed by atoms with Gasteiger partial charge in [-0.3, -0.25) is 43.7 Å². The Balaban J connectivity index is 1.39. The van der Waals surface area contributed by atoms with Gasteiger partial charge in [0, 0.05) is 94.4 Å². The molecule has 6 rings (SSSR count). The SMILES string of the molecule is CO[C@H]1/C=C/O[C@@]2(C)Oc3c(C)c(O)c4c(c3C2=O)C2NC3(CCN(CC(C)C)CC3)NC2=C(NC(=O)/C(C)=C\C=C\[C@H](C)[C@H](OC(=O)CN(C)C(=O)CNC(=O)[C@@H](N)CCC(=O)O)[C@@H](C)[C@@H](O)[C@@H](C)[C@H](OC(C)=O)[C@@H]1C)C4=O. The number of phenols is 1. The van der Waals surface area contributed by atoms with Gasteiger partial charge in [0.2, 0.25) is 17.6 Å². The number of likely N-dealkylation sites (N-methyl/N-ethyl adjacent to an activating group) is 1. The Morgan fingerprint density at radius 2 is 1.65 bits per heavy atom. The van der Waals surface area contributed by atoms with Gasteiger partial charge in [-0.15, -0.1) is 0 Å². The van der Waals surface area contributed by atoms with Gasteiger partial charge in [0.1, 0.15) is 35.9 Å². The Hall–Kier alpha value is -6.66. The number of benzene rings is 1. The molecule has 4 heterocycles. The highest BCUT2D eigenvalue weighted by Gasteiger charge is 2.56. The van der Waals surface area contributed by atoms with Crippen molar-refractivity contribution < 1.29 is 77.4 Å². The molecule has 0 saturated carbocycles. The van der Waals surface area contributed by atoms with Crippen LogP contribution in [0.3, 0.4) is 0 Å². The maximum Gasteiger partial charge on any atom is 0.325 e. The van der Waals surface area contributed by atoms with E-state index in [0.717, 1.165) is 11.4 Å². The zero-order chi connectivity index (χ0) is 58.6. The highest BCUT2D eigenvalue weighted by Crippen LogP contribution is 2.53. The van der Waals surface area contributed by atoms with Crippen LogP contribution in [0.1, 0.15) is 126 Å². The third-order valence-corrected chi connectivity index (χ3v) is 15.7. The summed E-state index contributed by atoms with van der Waals surface area (Å²) < 4.78 is 30.3. The number of aliphatic hydroxyl groups excluding tert-OH is 1. The van der Waals surface area contributed by atoms with Gasteiger partial charge < -0.3 is 70.5 Å². The number of allylic oxidation sites excluding steroid dienone is 3. The Morgan fingerprint density at radius 3 is 2.27 bits per heavy atom. The summed E-state index contributed by atoms with van der Waals surface area (Å²) in [5.41, 5.74) is 5.43. The van der Waals surface area contributed by atoms with E-state index in [-0.39, 0.29) is 52.1 Å². The number of nitrogens with zero attached hydrogens (tertiary/aromatic N) is 2. The fourth-order valence-corrected chi connectivity index (χ4v) is 11.1. The monoisotopic (exact) mass is 1110 g/mol. The number of rotatable bonds is 13. The van der Waals surface area contributed by atoms with Gasteiger partial charge in [-0.1, -0.05) is 59.8 Å². The molecule has 434 valence electrons. The molecule has 79 heavy (non-hydrogen) atoms. The summed E-state index contributed by atoms with van der Waals surface area (Å²) in [4.78, 5) is 111. The molecule has 4 aliphatic heterocycles. The fourth-order valence-electron chi connectivity index (χ4n) is 11.1. The molecule has 1 aromatic rings. The minimum Gasteiger partial charge on any atom is -0.507 e. The highest BCUT2D eigenvalue weighted by molar-refractivity contribution is 6.19. The third kappa shape index (κ3) is 13.5. The third-order valence-electron chi connectivity index (χ3n) is 15.7. The number of nitrogens with two attached hydrogens (primary N) is 1. The van der Waals surface area contributed by atoms with Crippen molar-refractivity contribution in [3.63, 3.8) is 0 Å². The Kier molecular flexibility index (Phi) is 19.6. The molecule has 1 aromatic carbocycles. The van der Waals surface area contributed by atoms with Gasteiger partial charge in [-0.2, -0.15) is 0 Å². The average molecular weight is 1110 g/mol. The van der Waals surface area contributed by atoms with E-state index in [2.05, 4.69) is 40.0 Å². The molecule has 1 spiro atoms. The number of hydrogen-bond acceptors (Lipinski definition) is 19. The van der Waals surface area contributed by atoms with Gasteiger partial charge in [0.15, 0.2) is 0 Å². The van der Waals surface area contributed by atoms with Crippen molar-refractivity contribution in [2.24, 2.45) is 35.3 Å². The molecule has 9 N–H and O–H groups in total. The summed E-state index contributed by atoms with van der Waals surface area (Å²) in [7, 11) is 2.72. The smallest absolute Gasteiger partial charge is 0.325 e. The molecule has 0 aromatic heterocycles. The van der Waals surface area contributed by atoms with Crippen LogP contribution in [-0.2, 0) is 47.7 Å². The van der Waals surface area contributed by atoms with Crippen molar-refractivity contribution >= 4 is 47.2 Å². The van der Waals surface area contributed by atoms with E-state index >= 15 is 0 Å². The van der Waals surface area contributed by atoms with E-state index in [9.17, 15) is 48.6 Å². The number of carbonyl (C=O) groups excluding carboxylic acids is 7. The first-order chi connectivity index (χ1) is 37.0. The van der Waals surface area contributed by atoms with Crippen molar-refractivity contribution in [3.05, 3.63) is 69.8 Å². The number of aliphatic carboxylic acids is 1. The predicted octanol–water partition coefficient (Wildman–Crippen LogP) is 2.77. The number of methoxy groups -OCH3 is 1. The molecule has 23 nitrogen and oxygen atoms in total. The lowest BCUT2D eigenvalue weighted by Crippen LogP contribution is -2.56. The first-order valence-corrected chi connectivity index (χ1v) is 26.8. The highest BCUT2D eigenvalue weighted by atomic mass is 16.7. The van der Waals surface area contributed by atoms with Gasteiger partial charge in [0.05, 0.1) is 59.6 Å². The van der Waals surface area contributed by atoms with E-state index in [0.29, 0.717) is 37.5 Å². The van der Waals surface area contributed by atoms with Crippen molar-refractivity contribution in [2.75, 3.05) is 46.9 Å². The zero-order valence-corrected chi connectivity index (χ0v) is 47.2. The Bertz CT molecular complexity index is 2690. The number of ketones is 2. The van der Waals surface area contributed by atoms with Crippen LogP contribution in [0.15, 0.2) is 47.5 Å². The van der Waals surface area contributed by atoms with Gasteiger partial charge in [-0.05, 0) is 45.1 Å². The first kappa shape index (κ1) is 61.6. The second-order valence-electron chi connectivity index (χ2n) is 22.2. The van der Waals surface area contributed by atoms with Crippen molar-refractivity contribution in [3.8, 4) is 11.5 Å². The van der Waals surface area contributed by atoms with E-state index in [1.807, 2.05) is 0 Å². The number of phenolic OH excluding ortho intramolecular Hbond substituents is 1. The number of ether oxygens (including phenoxy) is 5. The average Bonchev–Trinajstić information content (AvgIpc) is 3.43. The topological polar surface area (TPSA) is 324 Å². The lowest BCUT2D eigenvalue weighted by atomic mass is 9.78. The predicted molar refractivity (Wildman–Crippen MR) is 285 cm³/mol. The van der Waals surface area contributed by atoms with Crippen LogP contribution in [0.25, 0.3) is 0 Å². The van der Waals surface area contributed by atoms with Crippen LogP contribution in [0.5, 0.6) is 11.5 Å². The van der Waals surface area contributed by atoms with Crippen LogP contribution < -0.4 is 31.7 Å². The minimum atomic E-state index is -2.03. The summed E-state index contributed by atoms with van der Waals surface area (Å²) in [5.74, 6) is -11.4. The molecule has 5 aliphatic rings. The van der Waals surface area contributed by atoms with Gasteiger partial charge in [0.25, 0.3) is 11.7 Å². The van der Waals surface area contributed by atoms with Crippen LogP contribution in [0, 0.1) is 36.5 Å². The molecule has 2 fully saturated rings. The van der Waals surface area contributed by atoms with Crippen molar-refractivity contribution in [2.45, 2.75) is 143 Å². The molecule has 3 amide bonds. The van der Waals surface area contributed by atoms with E-state index < -0.39 is 138 Å². The number of carboxylic acids is 1. The molecular formula is C56H79N7O16. The lowest BCUT2D eigenvalue weighted by molar-refractivity contribution is -0.166. The maximum atomic E-state index is 15.0. The molecule has 2 saturated heterocycles. The summed E-state index contributed by atoms with van der Waals surface area (Å²) in [6.07, 6.45) is 3.63. The van der Waals surface area contributed by atoms with E-state index in [4.69, 9.17) is 34.5 Å². The number of aromatic hydroxyl groups is 1. The second kappa shape index (κ2) is 25.2. The summed E-state index contributed by atoms with van der Waals surface area (Å²) in [5, 5.41) is 45.6. The molecule has 1 unspecified atom stereocenters. The van der Waals surface area contributed by atoms with E-state index in [1.165, 1.54) is 60.3 Å². The number of amides is 3. The van der Waals surface area contributed by atoms with Crippen LogP contribution in [0.2, 0.25) is 0 Å². The standard InChI is InChI=1S/C56H79N7O16/c1-27(2)25-63-21-19-56(20-22-63)60-43-40-41-47(70)33(8)51-42(40)52(72)55(10,79-51)76-23-18-36(75-12)30(5)50(77-34(9)64)32(7)46(69)31(6)49(28(3)14-13-15-29(4)53(73)59-45(48(41)71)44(43)61-56)78-39(68)26-62(11)37(65)24-58-54(74)35(57)16-17-38(66)67/h13-15,18,23,27-28,30-32,35-36,43,46,49-50,60-61,69-70H,16-17,19-22,24-26,57H2,1-12H3,(H,58,74)(H,59,73)(H,66,67)/b14-13+,23-18+,29-15-/t28-,30+,31-,32+,35-,36-,43?,46+,49-,50+,55-/m0/s1. The summed E-state index contributed by atoms with van der Waals surface area (Å²) in [6.45, 7) is 17.8. The molecule has 23 heteroatoms. The molecular weight excluding hydrogens is 1030 g/mol. The minimum absolute atomic E-state index is 0.0171.